The summed E-state index contributed by atoms with van der Waals surface area (Å²) in [6.07, 6.45) is -3.04. The van der Waals surface area contributed by atoms with Gasteiger partial charge in [-0.25, -0.2) is 8.89 Å². The van der Waals surface area contributed by atoms with Crippen molar-refractivity contribution in [1.29, 1.82) is 0 Å². The summed E-state index contributed by atoms with van der Waals surface area (Å²) in [5.74, 6) is -1.80. The van der Waals surface area contributed by atoms with Crippen LogP contribution in [0.3, 0.4) is 0 Å². The van der Waals surface area contributed by atoms with Gasteiger partial charge >= 0.3 is 12.1 Å². The lowest BCUT2D eigenvalue weighted by Crippen LogP contribution is -2.43. The van der Waals surface area contributed by atoms with Gasteiger partial charge in [-0.15, -0.1) is 0 Å². The molecular weight excluding hydrogens is 375 g/mol. The largest absolute Gasteiger partial charge is 0.481 e. The third-order valence-electron chi connectivity index (χ3n) is 4.08. The van der Waals surface area contributed by atoms with Crippen molar-refractivity contribution in [3.8, 4) is 11.1 Å². The Morgan fingerprint density at radius 3 is 2.46 bits per heavy atom. The molecule has 0 fully saturated rings. The summed E-state index contributed by atoms with van der Waals surface area (Å²) in [7, 11) is 0. The van der Waals surface area contributed by atoms with Crippen molar-refractivity contribution in [2.24, 2.45) is 5.92 Å². The zero-order chi connectivity index (χ0) is 19.1. The van der Waals surface area contributed by atoms with E-state index in [0.29, 0.717) is 16.9 Å². The SMILES string of the molecule is O=C(O)C1CN(CS(=O)O)c2c(-c3ccc(C(F)(F)F)cc3)cnn2C1. The topological polar surface area (TPSA) is 95.7 Å². The number of fused-ring (bicyclic) bond motifs is 1. The first kappa shape index (κ1) is 18.4. The molecule has 0 amide bonds. The highest BCUT2D eigenvalue weighted by Gasteiger charge is 2.33. The summed E-state index contributed by atoms with van der Waals surface area (Å²) in [6.45, 7) is 0.0703. The van der Waals surface area contributed by atoms with E-state index in [0.717, 1.165) is 12.1 Å². The molecule has 2 N–H and O–H groups in total. The molecule has 3 rings (SSSR count). The number of nitrogens with zero attached hydrogens (tertiary/aromatic N) is 3. The van der Waals surface area contributed by atoms with Crippen molar-refractivity contribution in [2.75, 3.05) is 17.3 Å². The smallest absolute Gasteiger partial charge is 0.416 e. The molecule has 0 bridgehead atoms. The maximum atomic E-state index is 12.7. The molecule has 2 atom stereocenters. The quantitative estimate of drug-likeness (QED) is 0.779. The lowest BCUT2D eigenvalue weighted by molar-refractivity contribution is -0.142. The lowest BCUT2D eigenvalue weighted by atomic mass is 10.0. The molecule has 1 aromatic carbocycles. The van der Waals surface area contributed by atoms with Gasteiger partial charge in [0.1, 0.15) is 11.7 Å². The number of aliphatic carboxylic acids is 1. The number of aromatic nitrogens is 2. The average Bonchev–Trinajstić information content (AvgIpc) is 2.98. The third-order valence-corrected chi connectivity index (χ3v) is 4.62. The minimum absolute atomic E-state index is 0.000954. The summed E-state index contributed by atoms with van der Waals surface area (Å²) in [6, 6.07) is 4.46. The molecule has 0 aliphatic carbocycles. The number of hydrogen-bond donors (Lipinski definition) is 2. The number of benzene rings is 1. The number of carbonyl (C=O) groups is 1. The van der Waals surface area contributed by atoms with E-state index in [1.54, 1.807) is 0 Å². The average molecular weight is 389 g/mol. The fourth-order valence-electron chi connectivity index (χ4n) is 2.91. The first-order chi connectivity index (χ1) is 12.2. The number of carboxylic acids is 1. The molecule has 2 unspecified atom stereocenters. The molecule has 1 aromatic heterocycles. The minimum atomic E-state index is -4.45. The first-order valence-corrected chi connectivity index (χ1v) is 8.73. The Morgan fingerprint density at radius 1 is 1.27 bits per heavy atom. The van der Waals surface area contributed by atoms with E-state index in [9.17, 15) is 31.8 Å². The van der Waals surface area contributed by atoms with Crippen molar-refractivity contribution in [1.82, 2.24) is 9.78 Å². The van der Waals surface area contributed by atoms with Crippen LogP contribution in [0.25, 0.3) is 11.1 Å². The molecule has 11 heteroatoms. The fourth-order valence-corrected chi connectivity index (χ4v) is 3.41. The van der Waals surface area contributed by atoms with Gasteiger partial charge in [0.2, 0.25) is 0 Å². The number of rotatable bonds is 4. The Labute approximate surface area is 148 Å². The van der Waals surface area contributed by atoms with Crippen molar-refractivity contribution in [2.45, 2.75) is 12.7 Å². The summed E-state index contributed by atoms with van der Waals surface area (Å²) in [5.41, 5.74) is 0.122. The maximum Gasteiger partial charge on any atom is 0.416 e. The van der Waals surface area contributed by atoms with Gasteiger partial charge < -0.3 is 14.6 Å². The number of hydrogen-bond acceptors (Lipinski definition) is 4. The number of halogens is 3. The zero-order valence-corrected chi connectivity index (χ0v) is 14.0. The van der Waals surface area contributed by atoms with Crippen LogP contribution in [0.5, 0.6) is 0 Å². The molecule has 0 radical (unpaired) electrons. The molecule has 2 heterocycles. The summed E-state index contributed by atoms with van der Waals surface area (Å²) < 4.78 is 60.0. The molecule has 2 aromatic rings. The monoisotopic (exact) mass is 389 g/mol. The van der Waals surface area contributed by atoms with E-state index in [2.05, 4.69) is 5.10 Å². The van der Waals surface area contributed by atoms with E-state index in [4.69, 9.17) is 0 Å². The van der Waals surface area contributed by atoms with Crippen molar-refractivity contribution in [3.63, 3.8) is 0 Å². The summed E-state index contributed by atoms with van der Waals surface area (Å²) >= 11 is -2.22. The first-order valence-electron chi connectivity index (χ1n) is 7.45. The second kappa shape index (κ2) is 6.72. The Morgan fingerprint density at radius 2 is 1.92 bits per heavy atom. The zero-order valence-electron chi connectivity index (χ0n) is 13.2. The summed E-state index contributed by atoms with van der Waals surface area (Å²) in [5, 5.41) is 13.3. The van der Waals surface area contributed by atoms with Crippen molar-refractivity contribution < 1.29 is 31.8 Å². The Hall–Kier alpha value is -2.40. The highest BCUT2D eigenvalue weighted by Crippen LogP contribution is 2.36. The fraction of sp³-hybridized carbons (Fsp3) is 0.333. The lowest BCUT2D eigenvalue weighted by Gasteiger charge is -2.32. The molecule has 7 nitrogen and oxygen atoms in total. The number of alkyl halides is 3. The van der Waals surface area contributed by atoms with Gasteiger partial charge in [-0.2, -0.15) is 18.3 Å². The van der Waals surface area contributed by atoms with Crippen molar-refractivity contribution in [3.05, 3.63) is 36.0 Å². The summed E-state index contributed by atoms with van der Waals surface area (Å²) in [4.78, 5) is 12.7. The van der Waals surface area contributed by atoms with Crippen LogP contribution in [0.15, 0.2) is 30.5 Å². The van der Waals surface area contributed by atoms with Crippen LogP contribution >= 0.6 is 0 Å². The maximum absolute atomic E-state index is 12.7. The molecule has 26 heavy (non-hydrogen) atoms. The number of carboxylic acid groups (broad SMARTS) is 1. The third kappa shape index (κ3) is 3.58. The second-order valence-corrected chi connectivity index (χ2v) is 6.75. The predicted octanol–water partition coefficient (Wildman–Crippen LogP) is 2.27. The predicted molar refractivity (Wildman–Crippen MR) is 86.8 cm³/mol. The second-order valence-electron chi connectivity index (χ2n) is 5.85. The highest BCUT2D eigenvalue weighted by atomic mass is 32.2. The van der Waals surface area contributed by atoms with Crippen LogP contribution in [0.1, 0.15) is 5.56 Å². The van der Waals surface area contributed by atoms with Gasteiger partial charge in [0.15, 0.2) is 11.1 Å². The molecule has 0 spiro atoms. The minimum Gasteiger partial charge on any atom is -0.481 e. The molecule has 140 valence electrons. The van der Waals surface area contributed by atoms with Crippen LogP contribution in [0, 0.1) is 5.92 Å². The highest BCUT2D eigenvalue weighted by molar-refractivity contribution is 7.79. The van der Waals surface area contributed by atoms with E-state index in [1.165, 1.54) is 27.9 Å². The Kier molecular flexibility index (Phi) is 4.76. The molecule has 0 saturated heterocycles. The van der Waals surface area contributed by atoms with Crippen LogP contribution < -0.4 is 4.90 Å². The molecule has 1 aliphatic heterocycles. The van der Waals surface area contributed by atoms with Crippen LogP contribution in [-0.4, -0.2) is 42.0 Å². The van der Waals surface area contributed by atoms with E-state index in [-0.39, 0.29) is 19.0 Å². The van der Waals surface area contributed by atoms with Crippen LogP contribution in [-0.2, 0) is 28.6 Å². The van der Waals surface area contributed by atoms with Crippen LogP contribution in [0.4, 0.5) is 19.0 Å². The van der Waals surface area contributed by atoms with Gasteiger partial charge in [0.25, 0.3) is 0 Å². The van der Waals surface area contributed by atoms with E-state index >= 15 is 0 Å². The van der Waals surface area contributed by atoms with Crippen molar-refractivity contribution >= 4 is 22.9 Å². The van der Waals surface area contributed by atoms with E-state index in [1.807, 2.05) is 0 Å². The van der Waals surface area contributed by atoms with Gasteiger partial charge in [0.05, 0.1) is 24.2 Å². The standard InChI is InChI=1S/C15H14F3N3O4S/c16-15(17,18)11-3-1-9(2-4-11)12-5-19-21-7-10(14(22)23)6-20(13(12)21)8-26(24)25/h1-5,10H,6-8H2,(H,22,23)(H,24,25). The van der Waals surface area contributed by atoms with E-state index < -0.39 is 34.7 Å². The molecule has 0 saturated carbocycles. The normalized spacial score (nSPS) is 18.5. The van der Waals surface area contributed by atoms with Gasteiger partial charge in [-0.05, 0) is 17.7 Å². The Bertz CT molecular complexity index is 851. The van der Waals surface area contributed by atoms with Crippen LogP contribution in [0.2, 0.25) is 0 Å². The Balaban J connectivity index is 2.01. The van der Waals surface area contributed by atoms with Gasteiger partial charge in [0, 0.05) is 12.1 Å². The van der Waals surface area contributed by atoms with Gasteiger partial charge in [-0.3, -0.25) is 4.79 Å². The molecule has 1 aliphatic rings. The number of anilines is 1. The molecular formula is C15H14F3N3O4S. The van der Waals surface area contributed by atoms with Gasteiger partial charge in [-0.1, -0.05) is 12.1 Å².